The number of nitrogens with zero attached hydrogens (tertiary/aromatic N) is 1. The molecule has 0 heterocycles. The number of aliphatic imine (C=N–C) groups is 1. The third-order valence-corrected chi connectivity index (χ3v) is 3.33. The molecule has 104 valence electrons. The summed E-state index contributed by atoms with van der Waals surface area (Å²) in [5.74, 6) is 0.0168. The minimum Gasteiger partial charge on any atom is -0.506 e. The highest BCUT2D eigenvalue weighted by Gasteiger charge is 2.07. The summed E-state index contributed by atoms with van der Waals surface area (Å²) in [5.41, 5.74) is 2.55. The molecule has 0 radical (unpaired) electrons. The van der Waals surface area contributed by atoms with Crippen molar-refractivity contribution < 1.29 is 10.2 Å². The molecule has 2 aromatic rings. The fraction of sp³-hybridized carbons (Fsp3) is 0.133. The van der Waals surface area contributed by atoms with Crippen molar-refractivity contribution in [2.75, 3.05) is 0 Å². The first-order valence-corrected chi connectivity index (χ1v) is 6.66. The van der Waals surface area contributed by atoms with Gasteiger partial charge in [-0.15, -0.1) is 0 Å². The number of aryl methyl sites for hydroxylation is 2. The molecule has 20 heavy (non-hydrogen) atoms. The molecule has 0 bridgehead atoms. The zero-order valence-corrected chi connectivity index (χ0v) is 12.5. The Hall–Kier alpha value is -1.71. The molecular weight excluding hydrogens is 297 g/mol. The van der Waals surface area contributed by atoms with Crippen LogP contribution in [0, 0.1) is 13.8 Å². The Kier molecular flexibility index (Phi) is 4.21. The predicted molar refractivity (Wildman–Crippen MR) is 83.0 cm³/mol. The standard InChI is InChI=1S/C15H13Cl2NO2/c1-8-3-9(2)14(19)13(4-8)18-7-10-5-11(16)6-12(17)15(10)20/h3-7,19-20H,1-2H3/b18-7+. The maximum Gasteiger partial charge on any atom is 0.144 e. The lowest BCUT2D eigenvalue weighted by Gasteiger charge is -2.05. The molecule has 0 aromatic heterocycles. The van der Waals surface area contributed by atoms with Gasteiger partial charge in [-0.25, -0.2) is 0 Å². The van der Waals surface area contributed by atoms with Crippen molar-refractivity contribution in [1.29, 1.82) is 0 Å². The minimum absolute atomic E-state index is 0.0938. The van der Waals surface area contributed by atoms with Gasteiger partial charge in [0.15, 0.2) is 0 Å². The van der Waals surface area contributed by atoms with Crippen molar-refractivity contribution in [3.05, 3.63) is 51.0 Å². The molecule has 0 fully saturated rings. The first kappa shape index (κ1) is 14.7. The van der Waals surface area contributed by atoms with Gasteiger partial charge in [0.2, 0.25) is 0 Å². The summed E-state index contributed by atoms with van der Waals surface area (Å²) in [6.45, 7) is 3.72. The van der Waals surface area contributed by atoms with Crippen LogP contribution in [0.25, 0.3) is 0 Å². The quantitative estimate of drug-likeness (QED) is 0.785. The van der Waals surface area contributed by atoms with Gasteiger partial charge in [-0.1, -0.05) is 29.3 Å². The maximum absolute atomic E-state index is 9.95. The Bertz CT molecular complexity index is 637. The normalized spacial score (nSPS) is 11.2. The van der Waals surface area contributed by atoms with Crippen molar-refractivity contribution in [2.45, 2.75) is 13.8 Å². The highest BCUT2D eigenvalue weighted by Crippen LogP contribution is 2.33. The van der Waals surface area contributed by atoms with E-state index in [1.54, 1.807) is 19.1 Å². The van der Waals surface area contributed by atoms with Gasteiger partial charge in [0, 0.05) is 16.8 Å². The van der Waals surface area contributed by atoms with Gasteiger partial charge in [-0.2, -0.15) is 0 Å². The van der Waals surface area contributed by atoms with Crippen LogP contribution in [0.5, 0.6) is 11.5 Å². The van der Waals surface area contributed by atoms with Crippen LogP contribution in [0.3, 0.4) is 0 Å². The number of hydrogen-bond acceptors (Lipinski definition) is 3. The average molecular weight is 310 g/mol. The third kappa shape index (κ3) is 3.06. The largest absolute Gasteiger partial charge is 0.506 e. The molecule has 0 aliphatic heterocycles. The lowest BCUT2D eigenvalue weighted by Crippen LogP contribution is -1.85. The first-order chi connectivity index (χ1) is 9.38. The molecule has 3 nitrogen and oxygen atoms in total. The maximum atomic E-state index is 9.95. The van der Waals surface area contributed by atoms with Crippen LogP contribution in [-0.4, -0.2) is 16.4 Å². The number of rotatable bonds is 2. The Morgan fingerprint density at radius 2 is 1.70 bits per heavy atom. The van der Waals surface area contributed by atoms with Gasteiger partial charge >= 0.3 is 0 Å². The summed E-state index contributed by atoms with van der Waals surface area (Å²) in [6, 6.07) is 6.61. The zero-order valence-electron chi connectivity index (χ0n) is 11.0. The van der Waals surface area contributed by atoms with Gasteiger partial charge in [0.1, 0.15) is 17.2 Å². The third-order valence-electron chi connectivity index (χ3n) is 2.83. The number of phenols is 2. The first-order valence-electron chi connectivity index (χ1n) is 5.91. The van der Waals surface area contributed by atoms with Crippen molar-refractivity contribution in [2.24, 2.45) is 4.99 Å². The lowest BCUT2D eigenvalue weighted by molar-refractivity contribution is 0.472. The number of phenolic OH excluding ortho intramolecular Hbond substituents is 2. The van der Waals surface area contributed by atoms with Gasteiger partial charge in [0.25, 0.3) is 0 Å². The molecule has 0 atom stereocenters. The van der Waals surface area contributed by atoms with E-state index in [1.807, 2.05) is 13.0 Å². The van der Waals surface area contributed by atoms with Gasteiger partial charge in [0.05, 0.1) is 5.02 Å². The molecule has 2 N–H and O–H groups in total. The minimum atomic E-state index is -0.0938. The molecule has 0 aliphatic carbocycles. The molecule has 0 saturated heterocycles. The van der Waals surface area contributed by atoms with Crippen LogP contribution in [0.15, 0.2) is 29.3 Å². The summed E-state index contributed by atoms with van der Waals surface area (Å²) in [6.07, 6.45) is 1.42. The van der Waals surface area contributed by atoms with E-state index in [4.69, 9.17) is 23.2 Å². The van der Waals surface area contributed by atoms with E-state index in [-0.39, 0.29) is 16.5 Å². The van der Waals surface area contributed by atoms with Crippen molar-refractivity contribution in [3.63, 3.8) is 0 Å². The fourth-order valence-corrected chi connectivity index (χ4v) is 2.37. The van der Waals surface area contributed by atoms with E-state index in [2.05, 4.69) is 4.99 Å². The van der Waals surface area contributed by atoms with Crippen LogP contribution in [0.2, 0.25) is 10.0 Å². The SMILES string of the molecule is Cc1cc(C)c(O)c(/N=C/c2cc(Cl)cc(Cl)c2O)c1. The van der Waals surface area contributed by atoms with E-state index in [1.165, 1.54) is 12.3 Å². The van der Waals surface area contributed by atoms with E-state index < -0.39 is 0 Å². The number of benzene rings is 2. The highest BCUT2D eigenvalue weighted by atomic mass is 35.5. The number of halogens is 2. The van der Waals surface area contributed by atoms with Crippen molar-refractivity contribution in [1.82, 2.24) is 0 Å². The van der Waals surface area contributed by atoms with Crippen LogP contribution in [0.1, 0.15) is 16.7 Å². The Morgan fingerprint density at radius 3 is 2.40 bits per heavy atom. The van der Waals surface area contributed by atoms with E-state index in [0.29, 0.717) is 16.3 Å². The molecular formula is C15H13Cl2NO2. The molecule has 0 amide bonds. The molecule has 0 spiro atoms. The van der Waals surface area contributed by atoms with E-state index in [0.717, 1.165) is 11.1 Å². The lowest BCUT2D eigenvalue weighted by atomic mass is 10.1. The van der Waals surface area contributed by atoms with Crippen LogP contribution >= 0.6 is 23.2 Å². The number of aromatic hydroxyl groups is 2. The van der Waals surface area contributed by atoms with Crippen molar-refractivity contribution in [3.8, 4) is 11.5 Å². The van der Waals surface area contributed by atoms with Crippen LogP contribution in [0.4, 0.5) is 5.69 Å². The summed E-state index contributed by atoms with van der Waals surface area (Å²) in [4.78, 5) is 4.19. The average Bonchev–Trinajstić information content (AvgIpc) is 2.37. The van der Waals surface area contributed by atoms with Crippen LogP contribution < -0.4 is 0 Å². The van der Waals surface area contributed by atoms with Gasteiger partial charge in [-0.3, -0.25) is 4.99 Å². The summed E-state index contributed by atoms with van der Waals surface area (Å²) in [7, 11) is 0. The van der Waals surface area contributed by atoms with E-state index >= 15 is 0 Å². The summed E-state index contributed by atoms with van der Waals surface area (Å²) in [5, 5.41) is 20.3. The second-order valence-corrected chi connectivity index (χ2v) is 5.38. The topological polar surface area (TPSA) is 52.8 Å². The Balaban J connectivity index is 2.45. The fourth-order valence-electron chi connectivity index (χ4n) is 1.86. The highest BCUT2D eigenvalue weighted by molar-refractivity contribution is 6.36. The van der Waals surface area contributed by atoms with Gasteiger partial charge in [-0.05, 0) is 43.2 Å². The molecule has 2 aromatic carbocycles. The smallest absolute Gasteiger partial charge is 0.144 e. The predicted octanol–water partition coefficient (Wildman–Crippen LogP) is 4.77. The molecule has 0 unspecified atom stereocenters. The second kappa shape index (κ2) is 5.73. The number of hydrogen-bond donors (Lipinski definition) is 2. The monoisotopic (exact) mass is 309 g/mol. The molecule has 0 saturated carbocycles. The van der Waals surface area contributed by atoms with Crippen LogP contribution in [-0.2, 0) is 0 Å². The zero-order chi connectivity index (χ0) is 14.9. The van der Waals surface area contributed by atoms with Gasteiger partial charge < -0.3 is 10.2 Å². The molecule has 2 rings (SSSR count). The molecule has 5 heteroatoms. The summed E-state index contributed by atoms with van der Waals surface area (Å²) >= 11 is 11.7. The Morgan fingerprint density at radius 1 is 1.00 bits per heavy atom. The second-order valence-electron chi connectivity index (χ2n) is 4.53. The van der Waals surface area contributed by atoms with Crippen molar-refractivity contribution >= 4 is 35.1 Å². The Labute approximate surface area is 127 Å². The summed E-state index contributed by atoms with van der Waals surface area (Å²) < 4.78 is 0. The molecule has 0 aliphatic rings. The van der Waals surface area contributed by atoms with E-state index in [9.17, 15) is 10.2 Å².